The van der Waals surface area contributed by atoms with Gasteiger partial charge in [-0.25, -0.2) is 4.98 Å². The van der Waals surface area contributed by atoms with Gasteiger partial charge in [0, 0.05) is 17.8 Å². The van der Waals surface area contributed by atoms with Gasteiger partial charge in [0.05, 0.1) is 17.7 Å². The molecule has 2 N–H and O–H groups in total. The summed E-state index contributed by atoms with van der Waals surface area (Å²) in [6.07, 6.45) is 4.01. The Morgan fingerprint density at radius 1 is 1.69 bits per heavy atom. The van der Waals surface area contributed by atoms with Crippen molar-refractivity contribution in [2.24, 2.45) is 0 Å². The largest absolute Gasteiger partial charge is 0.350 e. The highest BCUT2D eigenvalue weighted by Gasteiger charge is 2.14. The fourth-order valence-corrected chi connectivity index (χ4v) is 2.47. The predicted molar refractivity (Wildman–Crippen MR) is 64.2 cm³/mol. The molecule has 16 heavy (non-hydrogen) atoms. The van der Waals surface area contributed by atoms with Crippen molar-refractivity contribution in [3.63, 3.8) is 0 Å². The van der Waals surface area contributed by atoms with Gasteiger partial charge in [0.2, 0.25) is 5.91 Å². The Labute approximate surface area is 99.5 Å². The van der Waals surface area contributed by atoms with Gasteiger partial charge in [-0.1, -0.05) is 0 Å². The predicted octanol–water partition coefficient (Wildman–Crippen LogP) is 1.29. The van der Waals surface area contributed by atoms with Crippen LogP contribution in [0.4, 0.5) is 0 Å². The van der Waals surface area contributed by atoms with Crippen LogP contribution in [0.5, 0.6) is 0 Å². The quantitative estimate of drug-likeness (QED) is 0.814. The smallest absolute Gasteiger partial charge is 0.220 e. The highest BCUT2D eigenvalue weighted by atomic mass is 32.1. The lowest BCUT2D eigenvalue weighted by molar-refractivity contribution is -0.121. The minimum atomic E-state index is 0.127. The normalized spacial score (nSPS) is 19.9. The van der Waals surface area contributed by atoms with Gasteiger partial charge in [0.1, 0.15) is 0 Å². The number of carbonyl (C=O) groups excluding carboxylic acids is 1. The van der Waals surface area contributed by atoms with Crippen molar-refractivity contribution in [1.82, 2.24) is 15.6 Å². The van der Waals surface area contributed by atoms with E-state index in [1.807, 2.05) is 5.38 Å². The first-order chi connectivity index (χ1) is 7.84. The zero-order chi connectivity index (χ0) is 11.2. The SMILES string of the molecule is O=C(CCC1CCCN1)NCc1cscn1. The summed E-state index contributed by atoms with van der Waals surface area (Å²) >= 11 is 1.55. The summed E-state index contributed by atoms with van der Waals surface area (Å²) in [5.74, 6) is 0.127. The van der Waals surface area contributed by atoms with Crippen LogP contribution >= 0.6 is 11.3 Å². The van der Waals surface area contributed by atoms with Crippen LogP contribution in [-0.2, 0) is 11.3 Å². The topological polar surface area (TPSA) is 54.0 Å². The van der Waals surface area contributed by atoms with Crippen LogP contribution in [0.1, 0.15) is 31.4 Å². The summed E-state index contributed by atoms with van der Waals surface area (Å²) < 4.78 is 0. The molecule has 0 aliphatic carbocycles. The Morgan fingerprint density at radius 3 is 3.31 bits per heavy atom. The lowest BCUT2D eigenvalue weighted by Gasteiger charge is -2.09. The van der Waals surface area contributed by atoms with Crippen molar-refractivity contribution in [3.05, 3.63) is 16.6 Å². The Morgan fingerprint density at radius 2 is 2.62 bits per heavy atom. The lowest BCUT2D eigenvalue weighted by Crippen LogP contribution is -2.27. The van der Waals surface area contributed by atoms with Gasteiger partial charge < -0.3 is 10.6 Å². The van der Waals surface area contributed by atoms with Crippen molar-refractivity contribution < 1.29 is 4.79 Å². The number of nitrogens with one attached hydrogen (secondary N) is 2. The number of rotatable bonds is 5. The minimum absolute atomic E-state index is 0.127. The molecular weight excluding hydrogens is 222 g/mol. The molecule has 0 aromatic carbocycles. The summed E-state index contributed by atoms with van der Waals surface area (Å²) in [7, 11) is 0. The molecular formula is C11H17N3OS. The second-order valence-corrected chi connectivity index (χ2v) is 4.81. The van der Waals surface area contributed by atoms with Crippen LogP contribution in [0.25, 0.3) is 0 Å². The summed E-state index contributed by atoms with van der Waals surface area (Å²) in [4.78, 5) is 15.6. The average Bonchev–Trinajstić information content (AvgIpc) is 2.96. The van der Waals surface area contributed by atoms with E-state index in [0.29, 0.717) is 19.0 Å². The molecule has 1 aliphatic rings. The van der Waals surface area contributed by atoms with Crippen molar-refractivity contribution in [2.45, 2.75) is 38.3 Å². The monoisotopic (exact) mass is 239 g/mol. The molecule has 0 bridgehead atoms. The van der Waals surface area contributed by atoms with E-state index < -0.39 is 0 Å². The van der Waals surface area contributed by atoms with Gasteiger partial charge in [-0.05, 0) is 25.8 Å². The first kappa shape index (κ1) is 11.5. The maximum Gasteiger partial charge on any atom is 0.220 e. The Balaban J connectivity index is 1.60. The summed E-state index contributed by atoms with van der Waals surface area (Å²) in [6.45, 7) is 1.66. The van der Waals surface area contributed by atoms with Gasteiger partial charge in [0.25, 0.3) is 0 Å². The standard InChI is InChI=1S/C11H17N3OS/c15-11(4-3-9-2-1-5-12-9)13-6-10-7-16-8-14-10/h7-9,12H,1-6H2,(H,13,15). The molecule has 0 radical (unpaired) electrons. The molecule has 1 saturated heterocycles. The zero-order valence-electron chi connectivity index (χ0n) is 9.24. The third-order valence-electron chi connectivity index (χ3n) is 2.83. The number of thiazole rings is 1. The van der Waals surface area contributed by atoms with Crippen molar-refractivity contribution in [3.8, 4) is 0 Å². The van der Waals surface area contributed by atoms with Gasteiger partial charge in [-0.15, -0.1) is 11.3 Å². The molecule has 1 unspecified atom stereocenters. The number of hydrogen-bond donors (Lipinski definition) is 2. The summed E-state index contributed by atoms with van der Waals surface area (Å²) in [5.41, 5.74) is 2.72. The van der Waals surface area contributed by atoms with Crippen molar-refractivity contribution >= 4 is 17.2 Å². The molecule has 1 aliphatic heterocycles. The number of nitrogens with zero attached hydrogens (tertiary/aromatic N) is 1. The Hall–Kier alpha value is -0.940. The van der Waals surface area contributed by atoms with E-state index in [4.69, 9.17) is 0 Å². The van der Waals surface area contributed by atoms with Crippen LogP contribution in [0.2, 0.25) is 0 Å². The second-order valence-electron chi connectivity index (χ2n) is 4.09. The highest BCUT2D eigenvalue weighted by Crippen LogP contribution is 2.10. The average molecular weight is 239 g/mol. The van der Waals surface area contributed by atoms with Crippen molar-refractivity contribution in [1.29, 1.82) is 0 Å². The van der Waals surface area contributed by atoms with E-state index in [2.05, 4.69) is 15.6 Å². The Bertz CT molecular complexity index is 320. The van der Waals surface area contributed by atoms with E-state index in [1.54, 1.807) is 16.8 Å². The molecule has 1 aromatic heterocycles. The first-order valence-corrected chi connectivity index (χ1v) is 6.66. The molecule has 1 fully saturated rings. The number of carbonyl (C=O) groups is 1. The summed E-state index contributed by atoms with van der Waals surface area (Å²) in [6, 6.07) is 0.546. The van der Waals surface area contributed by atoms with Gasteiger partial charge in [-0.3, -0.25) is 4.79 Å². The Kier molecular flexibility index (Phi) is 4.30. The molecule has 88 valence electrons. The van der Waals surface area contributed by atoms with E-state index in [-0.39, 0.29) is 5.91 Å². The van der Waals surface area contributed by atoms with E-state index in [0.717, 1.165) is 18.7 Å². The third-order valence-corrected chi connectivity index (χ3v) is 3.47. The highest BCUT2D eigenvalue weighted by molar-refractivity contribution is 7.07. The molecule has 2 rings (SSSR count). The van der Waals surface area contributed by atoms with Crippen molar-refractivity contribution in [2.75, 3.05) is 6.54 Å². The molecule has 2 heterocycles. The minimum Gasteiger partial charge on any atom is -0.350 e. The van der Waals surface area contributed by atoms with Crippen LogP contribution < -0.4 is 10.6 Å². The molecule has 0 saturated carbocycles. The second kappa shape index (κ2) is 5.96. The fourth-order valence-electron chi connectivity index (χ4n) is 1.91. The maximum absolute atomic E-state index is 11.5. The van der Waals surface area contributed by atoms with Gasteiger partial charge in [-0.2, -0.15) is 0 Å². The van der Waals surface area contributed by atoms with Crippen LogP contribution in [0, 0.1) is 0 Å². The van der Waals surface area contributed by atoms with E-state index >= 15 is 0 Å². The van der Waals surface area contributed by atoms with Crippen LogP contribution in [-0.4, -0.2) is 23.5 Å². The van der Waals surface area contributed by atoms with Crippen LogP contribution in [0.15, 0.2) is 10.9 Å². The molecule has 0 spiro atoms. The van der Waals surface area contributed by atoms with Crippen LogP contribution in [0.3, 0.4) is 0 Å². The molecule has 1 atom stereocenters. The van der Waals surface area contributed by atoms with E-state index in [1.165, 1.54) is 12.8 Å². The molecule has 1 aromatic rings. The maximum atomic E-state index is 11.5. The lowest BCUT2D eigenvalue weighted by atomic mass is 10.1. The summed E-state index contributed by atoms with van der Waals surface area (Å²) in [5, 5.41) is 8.23. The zero-order valence-corrected chi connectivity index (χ0v) is 10.1. The van der Waals surface area contributed by atoms with Gasteiger partial charge in [0.15, 0.2) is 0 Å². The fraction of sp³-hybridized carbons (Fsp3) is 0.636. The number of aromatic nitrogens is 1. The first-order valence-electron chi connectivity index (χ1n) is 5.72. The molecule has 1 amide bonds. The third kappa shape index (κ3) is 3.57. The number of hydrogen-bond acceptors (Lipinski definition) is 4. The van der Waals surface area contributed by atoms with E-state index in [9.17, 15) is 4.79 Å². The molecule has 5 heteroatoms. The molecule has 4 nitrogen and oxygen atoms in total. The van der Waals surface area contributed by atoms with Gasteiger partial charge >= 0.3 is 0 Å². The number of amides is 1.